The summed E-state index contributed by atoms with van der Waals surface area (Å²) in [5, 5.41) is 0. The summed E-state index contributed by atoms with van der Waals surface area (Å²) in [6.07, 6.45) is 3.97. The maximum Gasteiger partial charge on any atom is 0.168 e. The zero-order valence-electron chi connectivity index (χ0n) is 8.68. The van der Waals surface area contributed by atoms with Crippen LogP contribution < -0.4 is 0 Å². The van der Waals surface area contributed by atoms with Crippen molar-refractivity contribution in [3.63, 3.8) is 0 Å². The van der Waals surface area contributed by atoms with E-state index in [1.54, 1.807) is 20.3 Å². The van der Waals surface area contributed by atoms with Crippen LogP contribution in [0.3, 0.4) is 0 Å². The minimum Gasteiger partial charge on any atom is -0.356 e. The molecule has 1 aliphatic heterocycles. The van der Waals surface area contributed by atoms with E-state index in [0.717, 1.165) is 6.42 Å². The molecule has 1 saturated heterocycles. The minimum absolute atomic E-state index is 0.171. The van der Waals surface area contributed by atoms with Gasteiger partial charge in [-0.05, 0) is 0 Å². The van der Waals surface area contributed by atoms with Crippen LogP contribution in [0.5, 0.6) is 0 Å². The third-order valence-corrected chi connectivity index (χ3v) is 2.13. The van der Waals surface area contributed by atoms with Crippen molar-refractivity contribution in [2.75, 3.05) is 20.8 Å². The molecule has 0 aromatic heterocycles. The SMILES string of the molecule is C=CCN=CC1CC(OC)OC1OC. The van der Waals surface area contributed by atoms with E-state index in [-0.39, 0.29) is 18.5 Å². The quantitative estimate of drug-likeness (QED) is 0.494. The van der Waals surface area contributed by atoms with Gasteiger partial charge in [-0.25, -0.2) is 0 Å². The maximum atomic E-state index is 5.44. The molecule has 4 heteroatoms. The summed E-state index contributed by atoms with van der Waals surface area (Å²) in [5.74, 6) is 0.171. The first kappa shape index (κ1) is 11.4. The van der Waals surface area contributed by atoms with Crippen LogP contribution in [-0.4, -0.2) is 39.6 Å². The normalized spacial score (nSPS) is 32.6. The highest BCUT2D eigenvalue weighted by atomic mass is 16.8. The molecule has 1 heterocycles. The summed E-state index contributed by atoms with van der Waals surface area (Å²) in [5.41, 5.74) is 0. The monoisotopic (exact) mass is 199 g/mol. The van der Waals surface area contributed by atoms with Gasteiger partial charge in [-0.2, -0.15) is 0 Å². The molecule has 14 heavy (non-hydrogen) atoms. The second kappa shape index (κ2) is 5.90. The number of methoxy groups -OCH3 is 2. The molecule has 0 bridgehead atoms. The lowest BCUT2D eigenvalue weighted by atomic mass is 10.1. The Bertz CT molecular complexity index is 206. The van der Waals surface area contributed by atoms with Gasteiger partial charge in [0.2, 0.25) is 0 Å². The fourth-order valence-electron chi connectivity index (χ4n) is 1.42. The molecule has 0 N–H and O–H groups in total. The number of hydrogen-bond donors (Lipinski definition) is 0. The Morgan fingerprint density at radius 3 is 2.86 bits per heavy atom. The molecule has 3 unspecified atom stereocenters. The van der Waals surface area contributed by atoms with Crippen molar-refractivity contribution in [1.29, 1.82) is 0 Å². The van der Waals surface area contributed by atoms with Crippen LogP contribution in [0.15, 0.2) is 17.6 Å². The zero-order chi connectivity index (χ0) is 10.4. The predicted molar refractivity (Wildman–Crippen MR) is 54.3 cm³/mol. The number of aliphatic imine (C=N–C) groups is 1. The van der Waals surface area contributed by atoms with E-state index in [0.29, 0.717) is 6.54 Å². The Morgan fingerprint density at radius 1 is 1.50 bits per heavy atom. The standard InChI is InChI=1S/C10H17NO3/c1-4-5-11-7-8-6-9(12-2)14-10(8)13-3/h4,7-10H,1,5-6H2,2-3H3. The Morgan fingerprint density at radius 2 is 2.29 bits per heavy atom. The fourth-order valence-corrected chi connectivity index (χ4v) is 1.42. The Labute approximate surface area is 84.6 Å². The van der Waals surface area contributed by atoms with Crippen LogP contribution in [0.1, 0.15) is 6.42 Å². The topological polar surface area (TPSA) is 40.0 Å². The lowest BCUT2D eigenvalue weighted by molar-refractivity contribution is -0.189. The van der Waals surface area contributed by atoms with Gasteiger partial charge >= 0.3 is 0 Å². The molecule has 0 aromatic rings. The minimum atomic E-state index is -0.242. The Hall–Kier alpha value is -0.710. The van der Waals surface area contributed by atoms with Gasteiger partial charge in [0.15, 0.2) is 12.6 Å². The van der Waals surface area contributed by atoms with Gasteiger partial charge in [0.1, 0.15) is 0 Å². The van der Waals surface area contributed by atoms with Gasteiger partial charge < -0.3 is 14.2 Å². The zero-order valence-corrected chi connectivity index (χ0v) is 8.68. The molecule has 3 atom stereocenters. The molecule has 0 radical (unpaired) electrons. The summed E-state index contributed by atoms with van der Waals surface area (Å²) in [6.45, 7) is 4.22. The van der Waals surface area contributed by atoms with Gasteiger partial charge in [0.25, 0.3) is 0 Å². The van der Waals surface area contributed by atoms with Crippen molar-refractivity contribution in [3.05, 3.63) is 12.7 Å². The lowest BCUT2D eigenvalue weighted by Crippen LogP contribution is -2.19. The van der Waals surface area contributed by atoms with Crippen LogP contribution in [0.25, 0.3) is 0 Å². The molecule has 1 fully saturated rings. The third-order valence-electron chi connectivity index (χ3n) is 2.13. The molecule has 0 aliphatic carbocycles. The summed E-state index contributed by atoms with van der Waals surface area (Å²) in [7, 11) is 3.25. The van der Waals surface area contributed by atoms with Crippen LogP contribution in [0.2, 0.25) is 0 Å². The van der Waals surface area contributed by atoms with Crippen molar-refractivity contribution >= 4 is 6.21 Å². The highest BCUT2D eigenvalue weighted by Gasteiger charge is 2.34. The van der Waals surface area contributed by atoms with E-state index in [2.05, 4.69) is 11.6 Å². The van der Waals surface area contributed by atoms with Crippen LogP contribution in [0, 0.1) is 5.92 Å². The van der Waals surface area contributed by atoms with Gasteiger partial charge in [0.05, 0.1) is 6.54 Å². The summed E-state index contributed by atoms with van der Waals surface area (Å²) >= 11 is 0. The number of ether oxygens (including phenoxy) is 3. The van der Waals surface area contributed by atoms with Gasteiger partial charge in [0, 0.05) is 32.8 Å². The van der Waals surface area contributed by atoms with Crippen molar-refractivity contribution in [3.8, 4) is 0 Å². The molecule has 1 rings (SSSR count). The van der Waals surface area contributed by atoms with E-state index in [1.165, 1.54) is 0 Å². The third kappa shape index (κ3) is 2.90. The van der Waals surface area contributed by atoms with Crippen molar-refractivity contribution in [1.82, 2.24) is 0 Å². The second-order valence-electron chi connectivity index (χ2n) is 3.11. The fraction of sp³-hybridized carbons (Fsp3) is 0.700. The highest BCUT2D eigenvalue weighted by Crippen LogP contribution is 2.25. The molecular weight excluding hydrogens is 182 g/mol. The van der Waals surface area contributed by atoms with Crippen LogP contribution in [0.4, 0.5) is 0 Å². The van der Waals surface area contributed by atoms with E-state index >= 15 is 0 Å². The van der Waals surface area contributed by atoms with E-state index in [9.17, 15) is 0 Å². The van der Waals surface area contributed by atoms with Crippen molar-refractivity contribution in [2.24, 2.45) is 10.9 Å². The Balaban J connectivity index is 2.45. The number of nitrogens with zero attached hydrogens (tertiary/aromatic N) is 1. The molecule has 0 aromatic carbocycles. The molecule has 80 valence electrons. The van der Waals surface area contributed by atoms with Crippen LogP contribution in [-0.2, 0) is 14.2 Å². The van der Waals surface area contributed by atoms with Crippen molar-refractivity contribution in [2.45, 2.75) is 19.0 Å². The summed E-state index contributed by atoms with van der Waals surface area (Å²) < 4.78 is 15.7. The average molecular weight is 199 g/mol. The average Bonchev–Trinajstić information content (AvgIpc) is 2.61. The van der Waals surface area contributed by atoms with Crippen molar-refractivity contribution < 1.29 is 14.2 Å². The molecule has 0 amide bonds. The molecule has 4 nitrogen and oxygen atoms in total. The number of rotatable bonds is 5. The summed E-state index contributed by atoms with van der Waals surface area (Å²) in [6, 6.07) is 0. The van der Waals surface area contributed by atoms with Crippen LogP contribution >= 0.6 is 0 Å². The lowest BCUT2D eigenvalue weighted by Gasteiger charge is -2.12. The largest absolute Gasteiger partial charge is 0.356 e. The van der Waals surface area contributed by atoms with Gasteiger partial charge in [-0.3, -0.25) is 4.99 Å². The first-order valence-electron chi connectivity index (χ1n) is 4.63. The molecule has 1 aliphatic rings. The highest BCUT2D eigenvalue weighted by molar-refractivity contribution is 5.61. The van der Waals surface area contributed by atoms with Gasteiger partial charge in [-0.15, -0.1) is 6.58 Å². The van der Waals surface area contributed by atoms with Gasteiger partial charge in [-0.1, -0.05) is 6.08 Å². The molecule has 0 spiro atoms. The first-order chi connectivity index (χ1) is 6.81. The van der Waals surface area contributed by atoms with E-state index in [1.807, 2.05) is 6.21 Å². The molecule has 0 saturated carbocycles. The molecular formula is C10H17NO3. The second-order valence-corrected chi connectivity index (χ2v) is 3.11. The van der Waals surface area contributed by atoms with E-state index in [4.69, 9.17) is 14.2 Å². The van der Waals surface area contributed by atoms with E-state index < -0.39 is 0 Å². The predicted octanol–water partition coefficient (Wildman–Crippen LogP) is 1.22. The smallest absolute Gasteiger partial charge is 0.168 e. The number of hydrogen-bond acceptors (Lipinski definition) is 4. The maximum absolute atomic E-state index is 5.44. The summed E-state index contributed by atoms with van der Waals surface area (Å²) in [4.78, 5) is 4.18. The Kier molecular flexibility index (Phi) is 4.79. The first-order valence-corrected chi connectivity index (χ1v) is 4.63.